The zero-order valence-corrected chi connectivity index (χ0v) is 14.6. The van der Waals surface area contributed by atoms with Gasteiger partial charge in [-0.15, -0.1) is 0 Å². The fourth-order valence-corrected chi connectivity index (χ4v) is 2.69. The number of likely N-dealkylation sites (N-methyl/N-ethyl adjacent to an activating group) is 1. The van der Waals surface area contributed by atoms with E-state index in [1.54, 1.807) is 14.2 Å². The third kappa shape index (κ3) is 4.26. The van der Waals surface area contributed by atoms with Crippen molar-refractivity contribution in [3.05, 3.63) is 53.6 Å². The van der Waals surface area contributed by atoms with Crippen molar-refractivity contribution in [2.75, 3.05) is 26.6 Å². The Bertz CT molecular complexity index is 701. The zero-order chi connectivity index (χ0) is 17.5. The molecule has 0 aliphatic heterocycles. The van der Waals surface area contributed by atoms with E-state index in [0.29, 0.717) is 11.5 Å². The monoisotopic (exact) mass is 328 g/mol. The number of carbonyl (C=O) groups excluding carboxylic acids is 1. The molecule has 1 atom stereocenters. The number of anilines is 1. The van der Waals surface area contributed by atoms with Gasteiger partial charge in [0.05, 0.1) is 14.2 Å². The number of hydrogen-bond acceptors (Lipinski definition) is 4. The molecule has 0 heterocycles. The molecule has 0 aromatic heterocycles. The van der Waals surface area contributed by atoms with Crippen molar-refractivity contribution >= 4 is 11.6 Å². The van der Waals surface area contributed by atoms with Gasteiger partial charge in [-0.2, -0.15) is 0 Å². The fourth-order valence-electron chi connectivity index (χ4n) is 2.69. The molecule has 5 heteroatoms. The third-order valence-corrected chi connectivity index (χ3v) is 3.91. The molecule has 1 amide bonds. The van der Waals surface area contributed by atoms with Gasteiger partial charge in [0.1, 0.15) is 0 Å². The Hall–Kier alpha value is -2.53. The lowest BCUT2D eigenvalue weighted by molar-refractivity contribution is -0.114. The molecule has 2 rings (SSSR count). The molecule has 0 bridgehead atoms. The first-order valence-corrected chi connectivity index (χ1v) is 7.83. The number of benzene rings is 2. The Kier molecular flexibility index (Phi) is 6.21. The lowest BCUT2D eigenvalue weighted by atomic mass is 9.97. The average Bonchev–Trinajstić information content (AvgIpc) is 2.59. The molecular weight excluding hydrogens is 304 g/mol. The molecule has 0 saturated heterocycles. The Balaban J connectivity index is 2.29. The third-order valence-electron chi connectivity index (χ3n) is 3.91. The van der Waals surface area contributed by atoms with Gasteiger partial charge in [-0.25, -0.2) is 0 Å². The molecule has 1 unspecified atom stereocenters. The van der Waals surface area contributed by atoms with Crippen LogP contribution in [-0.2, 0) is 11.2 Å². The largest absolute Gasteiger partial charge is 0.493 e. The summed E-state index contributed by atoms with van der Waals surface area (Å²) in [6.07, 6.45) is 0.739. The summed E-state index contributed by atoms with van der Waals surface area (Å²) < 4.78 is 10.7. The first kappa shape index (κ1) is 17.8. The molecule has 0 spiro atoms. The van der Waals surface area contributed by atoms with Crippen LogP contribution in [0.3, 0.4) is 0 Å². The summed E-state index contributed by atoms with van der Waals surface area (Å²) in [5, 5.41) is 6.21. The second-order valence-electron chi connectivity index (χ2n) is 5.50. The Morgan fingerprint density at radius 2 is 1.79 bits per heavy atom. The van der Waals surface area contributed by atoms with E-state index in [4.69, 9.17) is 9.47 Å². The molecule has 0 fully saturated rings. The molecule has 0 saturated carbocycles. The van der Waals surface area contributed by atoms with E-state index in [0.717, 1.165) is 23.2 Å². The number of amides is 1. The Morgan fingerprint density at radius 3 is 2.42 bits per heavy atom. The highest BCUT2D eigenvalue weighted by Crippen LogP contribution is 2.31. The van der Waals surface area contributed by atoms with Crippen LogP contribution in [0.4, 0.5) is 5.69 Å². The van der Waals surface area contributed by atoms with Crippen LogP contribution in [0.5, 0.6) is 11.5 Å². The maximum absolute atomic E-state index is 11.4. The average molecular weight is 328 g/mol. The number of ether oxygens (including phenoxy) is 2. The highest BCUT2D eigenvalue weighted by Gasteiger charge is 2.15. The minimum atomic E-state index is -0.0745. The fraction of sp³-hybridized carbons (Fsp3) is 0.316. The second-order valence-corrected chi connectivity index (χ2v) is 5.50. The molecule has 0 aliphatic carbocycles. The van der Waals surface area contributed by atoms with E-state index in [-0.39, 0.29) is 11.9 Å². The Labute approximate surface area is 143 Å². The molecule has 128 valence electrons. The van der Waals surface area contributed by atoms with Crippen LogP contribution in [0.25, 0.3) is 0 Å². The summed E-state index contributed by atoms with van der Waals surface area (Å²) in [4.78, 5) is 11.4. The predicted molar refractivity (Wildman–Crippen MR) is 95.8 cm³/mol. The van der Waals surface area contributed by atoms with Crippen molar-refractivity contribution in [3.8, 4) is 11.5 Å². The molecule has 2 N–H and O–H groups in total. The highest BCUT2D eigenvalue weighted by atomic mass is 16.5. The summed E-state index contributed by atoms with van der Waals surface area (Å²) in [7, 11) is 5.17. The molecule has 2 aromatic carbocycles. The lowest BCUT2D eigenvalue weighted by Gasteiger charge is -2.20. The number of methoxy groups -OCH3 is 2. The predicted octanol–water partition coefficient (Wildman–Crippen LogP) is 3.17. The number of nitrogens with one attached hydrogen (secondary N) is 2. The van der Waals surface area contributed by atoms with E-state index in [1.807, 2.05) is 49.5 Å². The van der Waals surface area contributed by atoms with Crippen LogP contribution < -0.4 is 20.1 Å². The summed E-state index contributed by atoms with van der Waals surface area (Å²) >= 11 is 0. The number of para-hydroxylation sites is 1. The zero-order valence-electron chi connectivity index (χ0n) is 14.6. The quantitative estimate of drug-likeness (QED) is 0.820. The Morgan fingerprint density at radius 1 is 1.08 bits per heavy atom. The molecule has 5 nitrogen and oxygen atoms in total. The van der Waals surface area contributed by atoms with Gasteiger partial charge in [-0.05, 0) is 42.8 Å². The standard InChI is InChI=1S/C19H24N2O3/c1-13(22)21-16-8-6-5-7-14(16)11-17(20-2)15-9-10-18(23-3)19(12-15)24-4/h5-10,12,17,20H,11H2,1-4H3,(H,21,22). The second kappa shape index (κ2) is 8.36. The van der Waals surface area contributed by atoms with Gasteiger partial charge in [0.25, 0.3) is 0 Å². The maximum atomic E-state index is 11.4. The van der Waals surface area contributed by atoms with Crippen LogP contribution in [0, 0.1) is 0 Å². The van der Waals surface area contributed by atoms with Crippen LogP contribution in [0.2, 0.25) is 0 Å². The SMILES string of the molecule is CNC(Cc1ccccc1NC(C)=O)c1ccc(OC)c(OC)c1. The van der Waals surface area contributed by atoms with Gasteiger partial charge in [-0.3, -0.25) is 4.79 Å². The smallest absolute Gasteiger partial charge is 0.221 e. The minimum Gasteiger partial charge on any atom is -0.493 e. The van der Waals surface area contributed by atoms with E-state index in [9.17, 15) is 4.79 Å². The van der Waals surface area contributed by atoms with Gasteiger partial charge in [-0.1, -0.05) is 24.3 Å². The van der Waals surface area contributed by atoms with E-state index >= 15 is 0 Å². The van der Waals surface area contributed by atoms with Crippen LogP contribution in [-0.4, -0.2) is 27.2 Å². The minimum absolute atomic E-state index is 0.0745. The number of rotatable bonds is 7. The number of carbonyl (C=O) groups is 1. The molecule has 0 aliphatic rings. The van der Waals surface area contributed by atoms with Gasteiger partial charge in [0.15, 0.2) is 11.5 Å². The molecule has 0 radical (unpaired) electrons. The summed E-state index contributed by atoms with van der Waals surface area (Å²) in [6.45, 7) is 1.51. The normalized spacial score (nSPS) is 11.7. The number of hydrogen-bond donors (Lipinski definition) is 2. The van der Waals surface area contributed by atoms with Crippen molar-refractivity contribution in [2.24, 2.45) is 0 Å². The first-order valence-electron chi connectivity index (χ1n) is 7.83. The molecule has 2 aromatic rings. The van der Waals surface area contributed by atoms with E-state index in [2.05, 4.69) is 10.6 Å². The topological polar surface area (TPSA) is 59.6 Å². The maximum Gasteiger partial charge on any atom is 0.221 e. The van der Waals surface area contributed by atoms with Crippen LogP contribution >= 0.6 is 0 Å². The van der Waals surface area contributed by atoms with E-state index in [1.165, 1.54) is 6.92 Å². The summed E-state index contributed by atoms with van der Waals surface area (Å²) in [6, 6.07) is 13.8. The summed E-state index contributed by atoms with van der Waals surface area (Å²) in [5.41, 5.74) is 3.00. The van der Waals surface area contributed by atoms with Crippen molar-refractivity contribution < 1.29 is 14.3 Å². The van der Waals surface area contributed by atoms with Crippen molar-refractivity contribution in [2.45, 2.75) is 19.4 Å². The molecular formula is C19H24N2O3. The van der Waals surface area contributed by atoms with Gasteiger partial charge >= 0.3 is 0 Å². The van der Waals surface area contributed by atoms with Gasteiger partial charge in [0.2, 0.25) is 5.91 Å². The van der Waals surface area contributed by atoms with Crippen molar-refractivity contribution in [1.29, 1.82) is 0 Å². The lowest BCUT2D eigenvalue weighted by Crippen LogP contribution is -2.20. The molecule has 24 heavy (non-hydrogen) atoms. The first-order chi connectivity index (χ1) is 11.6. The van der Waals surface area contributed by atoms with E-state index < -0.39 is 0 Å². The highest BCUT2D eigenvalue weighted by molar-refractivity contribution is 5.89. The van der Waals surface area contributed by atoms with Crippen molar-refractivity contribution in [1.82, 2.24) is 5.32 Å². The summed E-state index contributed by atoms with van der Waals surface area (Å²) in [5.74, 6) is 1.33. The van der Waals surface area contributed by atoms with Crippen LogP contribution in [0.15, 0.2) is 42.5 Å². The van der Waals surface area contributed by atoms with Crippen molar-refractivity contribution in [3.63, 3.8) is 0 Å². The van der Waals surface area contributed by atoms with Crippen LogP contribution in [0.1, 0.15) is 24.1 Å². The van der Waals surface area contributed by atoms with Gasteiger partial charge in [0, 0.05) is 18.7 Å². The van der Waals surface area contributed by atoms with Gasteiger partial charge < -0.3 is 20.1 Å².